The molecule has 132 valence electrons. The van der Waals surface area contributed by atoms with Crippen LogP contribution in [-0.2, 0) is 9.30 Å². The van der Waals surface area contributed by atoms with Crippen molar-refractivity contribution in [1.82, 2.24) is 20.3 Å². The number of nitrogens with zero attached hydrogens (tertiary/aromatic N) is 1. The quantitative estimate of drug-likeness (QED) is 0.458. The van der Waals surface area contributed by atoms with Gasteiger partial charge in [0.05, 0.1) is 37.5 Å². The summed E-state index contributed by atoms with van der Waals surface area (Å²) in [5.74, 6) is 0. The molecular weight excluding hydrogens is 335 g/mol. The highest BCUT2D eigenvalue weighted by atomic mass is 31.2. The van der Waals surface area contributed by atoms with Crippen LogP contribution in [0.2, 0.25) is 0 Å². The zero-order valence-corrected chi connectivity index (χ0v) is 14.3. The number of H-pyrrole nitrogens is 2. The minimum absolute atomic E-state index is 0.114. The Balaban J connectivity index is 1.78. The summed E-state index contributed by atoms with van der Waals surface area (Å²) in [6.07, 6.45) is 0.878. The maximum absolute atomic E-state index is 11.7. The minimum atomic E-state index is -2.31. The Morgan fingerprint density at radius 2 is 2.04 bits per heavy atom. The summed E-state index contributed by atoms with van der Waals surface area (Å²) in [7, 11) is -2.31. The number of aromatic nitrogens is 3. The summed E-state index contributed by atoms with van der Waals surface area (Å²) >= 11 is 0. The van der Waals surface area contributed by atoms with E-state index in [0.29, 0.717) is 16.6 Å². The van der Waals surface area contributed by atoms with Gasteiger partial charge in [0.25, 0.3) is 5.56 Å². The molecule has 9 nitrogen and oxygen atoms in total. The fraction of sp³-hybridized carbons (Fsp3) is 0.571. The van der Waals surface area contributed by atoms with E-state index in [1.54, 1.807) is 19.5 Å². The smallest absolute Gasteiger partial charge is 0.275 e. The van der Waals surface area contributed by atoms with Crippen LogP contribution in [0, 0.1) is 0 Å². The maximum Gasteiger partial charge on any atom is 0.275 e. The molecule has 0 radical (unpaired) electrons. The lowest BCUT2D eigenvalue weighted by Gasteiger charge is -2.16. The molecule has 0 aromatic carbocycles. The highest BCUT2D eigenvalue weighted by molar-refractivity contribution is 7.62. The van der Waals surface area contributed by atoms with Gasteiger partial charge in [-0.15, -0.1) is 0 Å². The Morgan fingerprint density at radius 1 is 1.29 bits per heavy atom. The van der Waals surface area contributed by atoms with Gasteiger partial charge < -0.3 is 34.8 Å². The average molecular weight is 356 g/mol. The van der Waals surface area contributed by atoms with Crippen molar-refractivity contribution in [2.75, 3.05) is 26.3 Å². The van der Waals surface area contributed by atoms with E-state index in [1.807, 2.05) is 0 Å². The number of nitrogens with one attached hydrogen (secondary N) is 3. The van der Waals surface area contributed by atoms with E-state index in [2.05, 4.69) is 20.3 Å². The van der Waals surface area contributed by atoms with Crippen LogP contribution in [0.3, 0.4) is 0 Å². The van der Waals surface area contributed by atoms with E-state index < -0.39 is 31.4 Å². The van der Waals surface area contributed by atoms with Gasteiger partial charge in [0.15, 0.2) is 0 Å². The molecule has 1 fully saturated rings. The second-order valence-corrected chi connectivity index (χ2v) is 9.91. The molecule has 3 heterocycles. The Labute approximate surface area is 137 Å². The van der Waals surface area contributed by atoms with Crippen LogP contribution in [0.1, 0.15) is 11.6 Å². The molecule has 2 aromatic rings. The molecular formula is C14H21N4O5P. The summed E-state index contributed by atoms with van der Waals surface area (Å²) in [6.45, 7) is 3.37. The predicted octanol–water partition coefficient (Wildman–Crippen LogP) is -0.417. The van der Waals surface area contributed by atoms with E-state index in [9.17, 15) is 19.6 Å². The molecule has 24 heavy (non-hydrogen) atoms. The summed E-state index contributed by atoms with van der Waals surface area (Å²) in [4.78, 5) is 21.2. The molecule has 2 aromatic heterocycles. The lowest BCUT2D eigenvalue weighted by Crippen LogP contribution is -2.37. The van der Waals surface area contributed by atoms with Crippen molar-refractivity contribution in [3.63, 3.8) is 0 Å². The van der Waals surface area contributed by atoms with Gasteiger partial charge in [0.2, 0.25) is 0 Å². The summed E-state index contributed by atoms with van der Waals surface area (Å²) in [5, 5.41) is 23.7. The minimum Gasteiger partial charge on any atom is -0.389 e. The number of aliphatic hydroxyl groups is 2. The van der Waals surface area contributed by atoms with Crippen LogP contribution < -0.4 is 10.9 Å². The number of ether oxygens (including phenoxy) is 1. The third kappa shape index (κ3) is 3.31. The molecule has 0 aliphatic carbocycles. The summed E-state index contributed by atoms with van der Waals surface area (Å²) in [6, 6.07) is -1.10. The number of aromatic amines is 2. The van der Waals surface area contributed by atoms with Crippen LogP contribution >= 0.6 is 7.14 Å². The average Bonchev–Trinajstić information content (AvgIpc) is 3.03. The van der Waals surface area contributed by atoms with Crippen molar-refractivity contribution in [3.8, 4) is 0 Å². The van der Waals surface area contributed by atoms with Crippen LogP contribution in [-0.4, -0.2) is 69.7 Å². The molecule has 0 saturated carbocycles. The van der Waals surface area contributed by atoms with Crippen molar-refractivity contribution in [2.24, 2.45) is 0 Å². The number of rotatable bonds is 5. The molecule has 1 aliphatic heterocycles. The number of fused-ring (bicyclic) bond motifs is 1. The third-order valence-electron chi connectivity index (χ3n) is 4.03. The van der Waals surface area contributed by atoms with E-state index in [4.69, 9.17) is 4.74 Å². The first kappa shape index (κ1) is 17.3. The van der Waals surface area contributed by atoms with Crippen LogP contribution in [0.25, 0.3) is 11.0 Å². The molecule has 0 unspecified atom stereocenters. The van der Waals surface area contributed by atoms with Crippen LogP contribution in [0.4, 0.5) is 0 Å². The van der Waals surface area contributed by atoms with Crippen molar-refractivity contribution in [3.05, 3.63) is 28.4 Å². The van der Waals surface area contributed by atoms with Gasteiger partial charge in [-0.2, -0.15) is 0 Å². The molecule has 5 N–H and O–H groups in total. The molecule has 1 saturated heterocycles. The molecule has 10 heteroatoms. The summed E-state index contributed by atoms with van der Waals surface area (Å²) < 4.78 is 17.1. The second kappa shape index (κ2) is 6.42. The lowest BCUT2D eigenvalue weighted by molar-refractivity contribution is 0.0132. The Kier molecular flexibility index (Phi) is 4.63. The molecule has 1 aliphatic rings. The first-order valence-electron chi connectivity index (χ1n) is 7.56. The molecule has 0 amide bonds. The van der Waals surface area contributed by atoms with Gasteiger partial charge >= 0.3 is 0 Å². The second-order valence-electron chi connectivity index (χ2n) is 6.51. The Bertz CT molecular complexity index is 828. The fourth-order valence-corrected chi connectivity index (χ4v) is 3.44. The van der Waals surface area contributed by atoms with Crippen molar-refractivity contribution < 1.29 is 19.5 Å². The Morgan fingerprint density at radius 3 is 2.75 bits per heavy atom. The summed E-state index contributed by atoms with van der Waals surface area (Å²) in [5.41, 5.74) is 1.05. The largest absolute Gasteiger partial charge is 0.389 e. The van der Waals surface area contributed by atoms with E-state index in [0.717, 1.165) is 0 Å². The third-order valence-corrected chi connectivity index (χ3v) is 4.83. The van der Waals surface area contributed by atoms with E-state index >= 15 is 0 Å². The lowest BCUT2D eigenvalue weighted by atomic mass is 10.0. The Hall–Kier alpha value is -1.51. The monoisotopic (exact) mass is 356 g/mol. The first-order chi connectivity index (χ1) is 11.3. The van der Waals surface area contributed by atoms with Gasteiger partial charge in [0.1, 0.15) is 24.3 Å². The van der Waals surface area contributed by atoms with Crippen molar-refractivity contribution >= 4 is 18.2 Å². The van der Waals surface area contributed by atoms with Gasteiger partial charge in [0, 0.05) is 11.8 Å². The normalized spacial score (nSPS) is 27.8. The SMILES string of the molecule is CP(C)(=O)COC[C@H]1N[C@@H](c2c[nH]c3c(=O)[nH]cnc23)[C@H](O)[C@@H]1O. The van der Waals surface area contributed by atoms with Crippen molar-refractivity contribution in [2.45, 2.75) is 24.3 Å². The van der Waals surface area contributed by atoms with E-state index in [1.165, 1.54) is 6.33 Å². The van der Waals surface area contributed by atoms with Gasteiger partial charge in [-0.1, -0.05) is 0 Å². The highest BCUT2D eigenvalue weighted by Gasteiger charge is 2.43. The maximum atomic E-state index is 11.7. The van der Waals surface area contributed by atoms with E-state index in [-0.39, 0.29) is 18.5 Å². The van der Waals surface area contributed by atoms with Crippen LogP contribution in [0.15, 0.2) is 17.3 Å². The number of hydrogen-bond donors (Lipinski definition) is 5. The van der Waals surface area contributed by atoms with Crippen molar-refractivity contribution in [1.29, 1.82) is 0 Å². The predicted molar refractivity (Wildman–Crippen MR) is 88.7 cm³/mol. The molecule has 4 atom stereocenters. The van der Waals surface area contributed by atoms with Gasteiger partial charge in [-0.05, 0) is 13.3 Å². The van der Waals surface area contributed by atoms with Gasteiger partial charge in [-0.25, -0.2) is 4.98 Å². The molecule has 0 spiro atoms. The zero-order chi connectivity index (χ0) is 17.5. The standard InChI is InChI=1S/C14H21N4O5P/c1-24(2,22)6-23-4-8-12(19)13(20)10(18-8)7-3-15-11-9(7)16-5-17-14(11)21/h3,5,8,10,12-13,15,18-20H,4,6H2,1-2H3,(H,16,17,21)/t8-,10+,12-,13+/m1/s1. The number of hydrogen-bond acceptors (Lipinski definition) is 7. The van der Waals surface area contributed by atoms with Crippen LogP contribution in [0.5, 0.6) is 0 Å². The highest BCUT2D eigenvalue weighted by Crippen LogP contribution is 2.36. The molecule has 3 rings (SSSR count). The molecule has 0 bridgehead atoms. The zero-order valence-electron chi connectivity index (χ0n) is 13.4. The van der Waals surface area contributed by atoms with Gasteiger partial charge in [-0.3, -0.25) is 4.79 Å². The fourth-order valence-electron chi connectivity index (χ4n) is 2.89. The number of aliphatic hydroxyl groups excluding tert-OH is 2. The first-order valence-corrected chi connectivity index (χ1v) is 10.3. The topological polar surface area (TPSA) is 140 Å².